The minimum absolute atomic E-state index is 0.213. The molecule has 2 unspecified atom stereocenters. The van der Waals surface area contributed by atoms with Gasteiger partial charge in [-0.2, -0.15) is 0 Å². The highest BCUT2D eigenvalue weighted by atomic mass is 16.5. The predicted molar refractivity (Wildman–Crippen MR) is 70.4 cm³/mol. The number of benzene rings is 1. The van der Waals surface area contributed by atoms with Gasteiger partial charge < -0.3 is 15.2 Å². The number of methoxy groups -OCH3 is 1. The minimum atomic E-state index is 0.213. The van der Waals surface area contributed by atoms with E-state index in [0.717, 1.165) is 17.9 Å². The van der Waals surface area contributed by atoms with Gasteiger partial charge in [0.2, 0.25) is 0 Å². The minimum Gasteiger partial charge on any atom is -0.496 e. The molecule has 0 spiro atoms. The molecule has 0 heterocycles. The third-order valence-electron chi connectivity index (χ3n) is 2.94. The van der Waals surface area contributed by atoms with Crippen molar-refractivity contribution < 1.29 is 9.84 Å². The van der Waals surface area contributed by atoms with E-state index in [1.165, 1.54) is 5.56 Å². The molecule has 17 heavy (non-hydrogen) atoms. The molecule has 96 valence electrons. The van der Waals surface area contributed by atoms with Crippen molar-refractivity contribution in [3.8, 4) is 5.75 Å². The van der Waals surface area contributed by atoms with Crippen molar-refractivity contribution in [2.45, 2.75) is 26.8 Å². The number of aliphatic hydroxyl groups is 1. The first kappa shape index (κ1) is 14.0. The Morgan fingerprint density at radius 3 is 2.65 bits per heavy atom. The van der Waals surface area contributed by atoms with Gasteiger partial charge in [-0.1, -0.05) is 19.1 Å². The molecule has 1 aromatic rings. The lowest BCUT2D eigenvalue weighted by Gasteiger charge is -2.19. The molecule has 1 rings (SSSR count). The van der Waals surface area contributed by atoms with Gasteiger partial charge in [-0.3, -0.25) is 0 Å². The van der Waals surface area contributed by atoms with E-state index in [2.05, 4.69) is 31.3 Å². The maximum atomic E-state index is 8.99. The molecule has 0 bridgehead atoms. The summed E-state index contributed by atoms with van der Waals surface area (Å²) in [6, 6.07) is 6.45. The monoisotopic (exact) mass is 237 g/mol. The number of hydrogen-bond donors (Lipinski definition) is 2. The second-order valence-electron chi connectivity index (χ2n) is 4.66. The van der Waals surface area contributed by atoms with E-state index in [4.69, 9.17) is 9.84 Å². The second-order valence-corrected chi connectivity index (χ2v) is 4.66. The van der Waals surface area contributed by atoms with E-state index in [9.17, 15) is 0 Å². The van der Waals surface area contributed by atoms with Gasteiger partial charge in [0.1, 0.15) is 5.75 Å². The molecule has 2 N–H and O–H groups in total. The van der Waals surface area contributed by atoms with Crippen molar-refractivity contribution in [2.75, 3.05) is 20.3 Å². The van der Waals surface area contributed by atoms with Gasteiger partial charge in [-0.25, -0.2) is 0 Å². The Kier molecular flexibility index (Phi) is 5.45. The van der Waals surface area contributed by atoms with Crippen molar-refractivity contribution >= 4 is 0 Å². The average molecular weight is 237 g/mol. The third kappa shape index (κ3) is 4.02. The second kappa shape index (κ2) is 6.62. The Morgan fingerprint density at radius 1 is 1.35 bits per heavy atom. The summed E-state index contributed by atoms with van der Waals surface area (Å²) in [6.07, 6.45) is 0. The summed E-state index contributed by atoms with van der Waals surface area (Å²) in [5.74, 6) is 1.19. The largest absolute Gasteiger partial charge is 0.496 e. The number of rotatable bonds is 6. The number of nitrogens with one attached hydrogen (secondary N) is 1. The molecule has 0 saturated carbocycles. The van der Waals surface area contributed by atoms with Gasteiger partial charge in [0.15, 0.2) is 0 Å². The zero-order valence-corrected chi connectivity index (χ0v) is 11.2. The van der Waals surface area contributed by atoms with Crippen molar-refractivity contribution in [3.63, 3.8) is 0 Å². The Hall–Kier alpha value is -1.06. The molecule has 3 nitrogen and oxygen atoms in total. The van der Waals surface area contributed by atoms with Gasteiger partial charge in [0.25, 0.3) is 0 Å². The third-order valence-corrected chi connectivity index (χ3v) is 2.94. The molecule has 0 aliphatic rings. The molecule has 1 aromatic carbocycles. The van der Waals surface area contributed by atoms with Gasteiger partial charge in [0.05, 0.1) is 7.11 Å². The summed E-state index contributed by atoms with van der Waals surface area (Å²) >= 11 is 0. The molecule has 0 aromatic heterocycles. The summed E-state index contributed by atoms with van der Waals surface area (Å²) in [5.41, 5.74) is 2.35. The quantitative estimate of drug-likeness (QED) is 0.797. The zero-order valence-electron chi connectivity index (χ0n) is 11.2. The van der Waals surface area contributed by atoms with Gasteiger partial charge in [-0.05, 0) is 31.4 Å². The molecule has 0 radical (unpaired) electrons. The standard InChI is InChI=1S/C14H23NO2/c1-10-5-6-13(14(7-10)17-4)12(3)15-8-11(2)9-16/h5-7,11-12,15-16H,8-9H2,1-4H3. The summed E-state index contributed by atoms with van der Waals surface area (Å²) in [6.45, 7) is 7.20. The van der Waals surface area contributed by atoms with Gasteiger partial charge >= 0.3 is 0 Å². The highest BCUT2D eigenvalue weighted by Gasteiger charge is 2.11. The first-order chi connectivity index (χ1) is 8.08. The number of aryl methyl sites for hydroxylation is 1. The molecule has 2 atom stereocenters. The van der Waals surface area contributed by atoms with E-state index in [1.807, 2.05) is 13.0 Å². The van der Waals surface area contributed by atoms with E-state index >= 15 is 0 Å². The van der Waals surface area contributed by atoms with Crippen LogP contribution in [-0.4, -0.2) is 25.4 Å². The molecule has 0 aliphatic heterocycles. The lowest BCUT2D eigenvalue weighted by molar-refractivity contribution is 0.230. The summed E-state index contributed by atoms with van der Waals surface area (Å²) in [5, 5.41) is 12.4. The van der Waals surface area contributed by atoms with E-state index in [-0.39, 0.29) is 18.6 Å². The van der Waals surface area contributed by atoms with Crippen LogP contribution >= 0.6 is 0 Å². The normalized spacial score (nSPS) is 14.4. The van der Waals surface area contributed by atoms with Gasteiger partial charge in [0, 0.05) is 24.8 Å². The van der Waals surface area contributed by atoms with Crippen molar-refractivity contribution in [3.05, 3.63) is 29.3 Å². The van der Waals surface area contributed by atoms with Crippen LogP contribution in [-0.2, 0) is 0 Å². The van der Waals surface area contributed by atoms with Crippen LogP contribution in [0.25, 0.3) is 0 Å². The fraction of sp³-hybridized carbons (Fsp3) is 0.571. The Morgan fingerprint density at radius 2 is 2.06 bits per heavy atom. The van der Waals surface area contributed by atoms with Crippen LogP contribution in [0, 0.1) is 12.8 Å². The van der Waals surface area contributed by atoms with Crippen molar-refractivity contribution in [1.29, 1.82) is 0 Å². The fourth-order valence-electron chi connectivity index (χ4n) is 1.73. The lowest BCUT2D eigenvalue weighted by Crippen LogP contribution is -2.26. The number of ether oxygens (including phenoxy) is 1. The van der Waals surface area contributed by atoms with Crippen LogP contribution in [0.1, 0.15) is 31.0 Å². The van der Waals surface area contributed by atoms with Crippen LogP contribution in [0.2, 0.25) is 0 Å². The van der Waals surface area contributed by atoms with Crippen LogP contribution in [0.3, 0.4) is 0 Å². The Labute approximate surface area is 104 Å². The topological polar surface area (TPSA) is 41.5 Å². The molecule has 0 amide bonds. The van der Waals surface area contributed by atoms with Crippen LogP contribution in [0.15, 0.2) is 18.2 Å². The zero-order chi connectivity index (χ0) is 12.8. The predicted octanol–water partition coefficient (Wildman–Crippen LogP) is 2.28. The van der Waals surface area contributed by atoms with Gasteiger partial charge in [-0.15, -0.1) is 0 Å². The highest BCUT2D eigenvalue weighted by molar-refractivity contribution is 5.38. The summed E-state index contributed by atoms with van der Waals surface area (Å²) in [7, 11) is 1.70. The van der Waals surface area contributed by atoms with Crippen molar-refractivity contribution in [2.24, 2.45) is 5.92 Å². The molecular formula is C14H23NO2. The van der Waals surface area contributed by atoms with Crippen LogP contribution < -0.4 is 10.1 Å². The molecule has 0 saturated heterocycles. The molecule has 0 fully saturated rings. The Bertz CT molecular complexity index is 352. The van der Waals surface area contributed by atoms with Crippen molar-refractivity contribution in [1.82, 2.24) is 5.32 Å². The maximum Gasteiger partial charge on any atom is 0.123 e. The molecule has 3 heteroatoms. The maximum absolute atomic E-state index is 8.99. The van der Waals surface area contributed by atoms with E-state index < -0.39 is 0 Å². The highest BCUT2D eigenvalue weighted by Crippen LogP contribution is 2.26. The number of aliphatic hydroxyl groups excluding tert-OH is 1. The first-order valence-electron chi connectivity index (χ1n) is 6.07. The molecule has 0 aliphatic carbocycles. The average Bonchev–Trinajstić information content (AvgIpc) is 2.35. The first-order valence-corrected chi connectivity index (χ1v) is 6.07. The Balaban J connectivity index is 2.71. The summed E-state index contributed by atoms with van der Waals surface area (Å²) in [4.78, 5) is 0. The van der Waals surface area contributed by atoms with Crippen LogP contribution in [0.4, 0.5) is 0 Å². The number of hydrogen-bond acceptors (Lipinski definition) is 3. The summed E-state index contributed by atoms with van der Waals surface area (Å²) < 4.78 is 5.39. The molecular weight excluding hydrogens is 214 g/mol. The lowest BCUT2D eigenvalue weighted by atomic mass is 10.0. The smallest absolute Gasteiger partial charge is 0.123 e. The van der Waals surface area contributed by atoms with Crippen LogP contribution in [0.5, 0.6) is 5.75 Å². The SMILES string of the molecule is COc1cc(C)ccc1C(C)NCC(C)CO. The fourth-order valence-corrected chi connectivity index (χ4v) is 1.73. The van der Waals surface area contributed by atoms with E-state index in [0.29, 0.717) is 0 Å². The van der Waals surface area contributed by atoms with E-state index in [1.54, 1.807) is 7.11 Å².